The van der Waals surface area contributed by atoms with E-state index < -0.39 is 4.92 Å². The van der Waals surface area contributed by atoms with Crippen molar-refractivity contribution in [1.82, 2.24) is 0 Å². The lowest BCUT2D eigenvalue weighted by Crippen LogP contribution is -2.36. The number of halogens is 2. The molecule has 0 saturated carbocycles. The number of rotatable bonds is 3. The lowest BCUT2D eigenvalue weighted by molar-refractivity contribution is -0.384. The highest BCUT2D eigenvalue weighted by Gasteiger charge is 2.26. The number of nitro groups is 1. The normalized spacial score (nSPS) is 16.2. The topological polar surface area (TPSA) is 63.5 Å². The fourth-order valence-electron chi connectivity index (χ4n) is 2.47. The number of nitro benzene ring substituents is 1. The second-order valence-corrected chi connectivity index (χ2v) is 5.70. The highest BCUT2D eigenvalue weighted by Crippen LogP contribution is 2.39. The third-order valence-corrected chi connectivity index (χ3v) is 4.17. The van der Waals surface area contributed by atoms with Crippen LogP contribution in [0.2, 0.25) is 10.0 Å². The van der Waals surface area contributed by atoms with Gasteiger partial charge in [0.25, 0.3) is 5.69 Å². The first-order valence-electron chi connectivity index (χ1n) is 6.29. The molecule has 0 radical (unpaired) electrons. The summed E-state index contributed by atoms with van der Waals surface area (Å²) in [4.78, 5) is 23.6. The Labute approximate surface area is 126 Å². The van der Waals surface area contributed by atoms with Gasteiger partial charge in [-0.25, -0.2) is 0 Å². The second-order valence-electron chi connectivity index (χ2n) is 4.89. The third-order valence-electron chi connectivity index (χ3n) is 3.60. The van der Waals surface area contributed by atoms with Crippen molar-refractivity contribution in [2.75, 3.05) is 18.0 Å². The first kappa shape index (κ1) is 15.1. The van der Waals surface area contributed by atoms with Gasteiger partial charge in [0.15, 0.2) is 0 Å². The number of nitrogens with zero attached hydrogens (tertiary/aromatic N) is 2. The maximum Gasteiger partial charge on any atom is 0.272 e. The van der Waals surface area contributed by atoms with Gasteiger partial charge in [-0.1, -0.05) is 23.2 Å². The molecule has 1 aliphatic rings. The lowest BCUT2D eigenvalue weighted by Gasteiger charge is -2.33. The van der Waals surface area contributed by atoms with Gasteiger partial charge in [-0.15, -0.1) is 0 Å². The van der Waals surface area contributed by atoms with Crippen LogP contribution in [0, 0.1) is 16.0 Å². The molecule has 20 heavy (non-hydrogen) atoms. The lowest BCUT2D eigenvalue weighted by atomic mass is 9.93. The minimum Gasteiger partial charge on any atom is -0.369 e. The van der Waals surface area contributed by atoms with Gasteiger partial charge in [-0.05, 0) is 19.8 Å². The number of piperidine rings is 1. The summed E-state index contributed by atoms with van der Waals surface area (Å²) in [6.07, 6.45) is 1.50. The van der Waals surface area contributed by atoms with Crippen LogP contribution in [0.1, 0.15) is 19.8 Å². The average molecular weight is 317 g/mol. The number of ketones is 1. The van der Waals surface area contributed by atoms with E-state index in [1.165, 1.54) is 12.1 Å². The number of hydrogen-bond donors (Lipinski definition) is 0. The van der Waals surface area contributed by atoms with Crippen molar-refractivity contribution in [3.63, 3.8) is 0 Å². The maximum absolute atomic E-state index is 11.3. The molecule has 0 spiro atoms. The van der Waals surface area contributed by atoms with Crippen molar-refractivity contribution in [3.8, 4) is 0 Å². The van der Waals surface area contributed by atoms with Gasteiger partial charge < -0.3 is 4.90 Å². The molecule has 7 heteroatoms. The van der Waals surface area contributed by atoms with E-state index >= 15 is 0 Å². The molecule has 1 aromatic carbocycles. The smallest absolute Gasteiger partial charge is 0.272 e. The van der Waals surface area contributed by atoms with Crippen molar-refractivity contribution in [2.45, 2.75) is 19.8 Å². The van der Waals surface area contributed by atoms with Crippen molar-refractivity contribution >= 4 is 40.4 Å². The predicted octanol–water partition coefficient (Wildman–Crippen LogP) is 3.71. The summed E-state index contributed by atoms with van der Waals surface area (Å²) in [6.45, 7) is 2.94. The van der Waals surface area contributed by atoms with Gasteiger partial charge in [0.2, 0.25) is 0 Å². The van der Waals surface area contributed by atoms with Gasteiger partial charge in [0, 0.05) is 31.1 Å². The van der Waals surface area contributed by atoms with Crippen LogP contribution in [0.15, 0.2) is 12.1 Å². The zero-order chi connectivity index (χ0) is 14.9. The molecule has 2 rings (SSSR count). The molecule has 1 saturated heterocycles. The number of benzene rings is 1. The summed E-state index contributed by atoms with van der Waals surface area (Å²) in [5.41, 5.74) is 0.489. The van der Waals surface area contributed by atoms with Crippen LogP contribution in [0.25, 0.3) is 0 Å². The summed E-state index contributed by atoms with van der Waals surface area (Å²) >= 11 is 12.2. The number of carbonyl (C=O) groups is 1. The highest BCUT2D eigenvalue weighted by atomic mass is 35.5. The number of non-ortho nitro benzene ring substituents is 1. The zero-order valence-electron chi connectivity index (χ0n) is 10.9. The SMILES string of the molecule is CC(=O)C1CCN(c2c(Cl)cc([N+](=O)[O-])cc2Cl)CC1. The van der Waals surface area contributed by atoms with Crippen molar-refractivity contribution in [1.29, 1.82) is 0 Å². The quantitative estimate of drug-likeness (QED) is 0.630. The van der Waals surface area contributed by atoms with Crippen molar-refractivity contribution in [2.24, 2.45) is 5.92 Å². The third kappa shape index (κ3) is 3.04. The van der Waals surface area contributed by atoms with Crippen LogP contribution in [-0.4, -0.2) is 23.8 Å². The summed E-state index contributed by atoms with van der Waals surface area (Å²) < 4.78 is 0. The van der Waals surface area contributed by atoms with Gasteiger partial charge >= 0.3 is 0 Å². The van der Waals surface area contributed by atoms with Gasteiger partial charge in [-0.3, -0.25) is 14.9 Å². The molecule has 0 N–H and O–H groups in total. The first-order chi connectivity index (χ1) is 9.40. The molecule has 1 aromatic rings. The van der Waals surface area contributed by atoms with Crippen LogP contribution in [-0.2, 0) is 4.79 Å². The zero-order valence-corrected chi connectivity index (χ0v) is 12.4. The monoisotopic (exact) mass is 316 g/mol. The Balaban J connectivity index is 2.22. The molecule has 0 aliphatic carbocycles. The van der Waals surface area contributed by atoms with E-state index in [1.807, 2.05) is 4.90 Å². The minimum atomic E-state index is -0.524. The predicted molar refractivity (Wildman–Crippen MR) is 78.7 cm³/mol. The molecular formula is C13H14Cl2N2O3. The highest BCUT2D eigenvalue weighted by molar-refractivity contribution is 6.39. The molecule has 0 amide bonds. The van der Waals surface area contributed by atoms with E-state index in [2.05, 4.69) is 0 Å². The minimum absolute atomic E-state index is 0.0850. The standard InChI is InChI=1S/C13H14Cl2N2O3/c1-8(18)9-2-4-16(5-3-9)13-11(14)6-10(17(19)20)7-12(13)15/h6-7,9H,2-5H2,1H3. The van der Waals surface area contributed by atoms with E-state index in [4.69, 9.17) is 23.2 Å². The molecule has 1 fully saturated rings. The van der Waals surface area contributed by atoms with Crippen LogP contribution in [0.5, 0.6) is 0 Å². The van der Waals surface area contributed by atoms with Crippen LogP contribution >= 0.6 is 23.2 Å². The summed E-state index contributed by atoms with van der Waals surface area (Å²) in [5, 5.41) is 11.3. The molecule has 0 atom stereocenters. The van der Waals surface area contributed by atoms with Gasteiger partial charge in [0.05, 0.1) is 20.7 Å². The van der Waals surface area contributed by atoms with E-state index in [0.29, 0.717) is 18.8 Å². The van der Waals surface area contributed by atoms with Crippen LogP contribution < -0.4 is 4.90 Å². The Morgan fingerprint density at radius 3 is 2.20 bits per heavy atom. The van der Waals surface area contributed by atoms with Crippen LogP contribution in [0.3, 0.4) is 0 Å². The molecule has 0 bridgehead atoms. The molecule has 1 aliphatic heterocycles. The molecule has 0 aromatic heterocycles. The molecule has 108 valence electrons. The Kier molecular flexibility index (Phi) is 4.50. The second kappa shape index (κ2) is 5.97. The number of anilines is 1. The Morgan fingerprint density at radius 1 is 1.30 bits per heavy atom. The molecule has 5 nitrogen and oxygen atoms in total. The molecule has 0 unspecified atom stereocenters. The number of hydrogen-bond acceptors (Lipinski definition) is 4. The maximum atomic E-state index is 11.3. The molecular weight excluding hydrogens is 303 g/mol. The largest absolute Gasteiger partial charge is 0.369 e. The summed E-state index contributed by atoms with van der Waals surface area (Å²) in [7, 11) is 0. The Bertz CT molecular complexity index is 532. The fourth-order valence-corrected chi connectivity index (χ4v) is 3.18. The summed E-state index contributed by atoms with van der Waals surface area (Å²) in [6, 6.07) is 2.61. The van der Waals surface area contributed by atoms with Crippen LogP contribution in [0.4, 0.5) is 11.4 Å². The molecule has 1 heterocycles. The average Bonchev–Trinajstić information content (AvgIpc) is 2.38. The number of Topliss-reactive ketones (excluding diaryl/α,β-unsaturated/α-hetero) is 1. The van der Waals surface area contributed by atoms with Gasteiger partial charge in [0.1, 0.15) is 5.78 Å². The fraction of sp³-hybridized carbons (Fsp3) is 0.462. The van der Waals surface area contributed by atoms with Crippen molar-refractivity contribution < 1.29 is 9.72 Å². The Hall–Kier alpha value is -1.33. The van der Waals surface area contributed by atoms with E-state index in [0.717, 1.165) is 12.8 Å². The van der Waals surface area contributed by atoms with E-state index in [-0.39, 0.29) is 27.4 Å². The van der Waals surface area contributed by atoms with Crippen molar-refractivity contribution in [3.05, 3.63) is 32.3 Å². The van der Waals surface area contributed by atoms with E-state index in [1.54, 1.807) is 6.92 Å². The summed E-state index contributed by atoms with van der Waals surface area (Å²) in [5.74, 6) is 0.285. The Morgan fingerprint density at radius 2 is 1.80 bits per heavy atom. The van der Waals surface area contributed by atoms with Gasteiger partial charge in [-0.2, -0.15) is 0 Å². The number of carbonyl (C=O) groups excluding carboxylic acids is 1. The first-order valence-corrected chi connectivity index (χ1v) is 7.04. The van der Waals surface area contributed by atoms with E-state index in [9.17, 15) is 14.9 Å².